The van der Waals surface area contributed by atoms with Crippen LogP contribution < -0.4 is 10.6 Å². The van der Waals surface area contributed by atoms with Crippen molar-refractivity contribution in [2.24, 2.45) is 0 Å². The Morgan fingerprint density at radius 1 is 1.19 bits per heavy atom. The van der Waals surface area contributed by atoms with Crippen LogP contribution in [0.5, 0.6) is 0 Å². The molecule has 1 atom stereocenters. The third-order valence-corrected chi connectivity index (χ3v) is 5.38. The number of piperazine rings is 1. The Morgan fingerprint density at radius 3 is 2.67 bits per heavy atom. The maximum Gasteiger partial charge on any atom is 0.255 e. The number of hydrogen-bond acceptors (Lipinski definition) is 5. The second-order valence-electron chi connectivity index (χ2n) is 7.40. The van der Waals surface area contributed by atoms with E-state index in [1.54, 1.807) is 4.90 Å². The number of nitrogens with zero attached hydrogens (tertiary/aromatic N) is 2. The molecule has 27 heavy (non-hydrogen) atoms. The normalized spacial score (nSPS) is 23.5. The molecule has 0 radical (unpaired) electrons. The summed E-state index contributed by atoms with van der Waals surface area (Å²) in [5, 5.41) is 17.1. The molecule has 2 fully saturated rings. The average molecular weight is 374 g/mol. The standard InChI is InChI=1S/C20H30N4O3/c25-18(23-13-9-21-10-14-23)15-22-16-20(27)8-4-11-24(19(20)26)12-7-17-5-2-1-3-6-17/h1-3,5-6,21-22,27H,4,7-16H2/t20-/m1/s1. The number of piperidine rings is 1. The van der Waals surface area contributed by atoms with Crippen LogP contribution in [0.25, 0.3) is 0 Å². The van der Waals surface area contributed by atoms with E-state index in [1.807, 2.05) is 35.2 Å². The monoisotopic (exact) mass is 374 g/mol. The fourth-order valence-corrected chi connectivity index (χ4v) is 3.75. The van der Waals surface area contributed by atoms with Gasteiger partial charge in [-0.15, -0.1) is 0 Å². The first-order chi connectivity index (χ1) is 13.1. The van der Waals surface area contributed by atoms with Crippen LogP contribution in [0.3, 0.4) is 0 Å². The van der Waals surface area contributed by atoms with Crippen molar-refractivity contribution in [1.82, 2.24) is 20.4 Å². The summed E-state index contributed by atoms with van der Waals surface area (Å²) in [7, 11) is 0. The summed E-state index contributed by atoms with van der Waals surface area (Å²) >= 11 is 0. The van der Waals surface area contributed by atoms with E-state index in [1.165, 1.54) is 5.56 Å². The first-order valence-corrected chi connectivity index (χ1v) is 9.83. The Kier molecular flexibility index (Phi) is 6.82. The molecule has 0 saturated carbocycles. The number of carbonyl (C=O) groups excluding carboxylic acids is 2. The number of aliphatic hydroxyl groups is 1. The second kappa shape index (κ2) is 9.30. The summed E-state index contributed by atoms with van der Waals surface area (Å²) in [6.07, 6.45) is 1.98. The van der Waals surface area contributed by atoms with Gasteiger partial charge in [-0.05, 0) is 24.8 Å². The van der Waals surface area contributed by atoms with Crippen LogP contribution in [0.1, 0.15) is 18.4 Å². The molecule has 148 valence electrons. The van der Waals surface area contributed by atoms with E-state index in [0.29, 0.717) is 32.6 Å². The van der Waals surface area contributed by atoms with Gasteiger partial charge in [0.25, 0.3) is 5.91 Å². The minimum atomic E-state index is -1.42. The minimum Gasteiger partial charge on any atom is -0.379 e. The molecule has 1 aromatic rings. The zero-order valence-corrected chi connectivity index (χ0v) is 15.8. The first-order valence-electron chi connectivity index (χ1n) is 9.83. The van der Waals surface area contributed by atoms with Gasteiger partial charge in [0.15, 0.2) is 5.60 Å². The molecule has 0 aromatic heterocycles. The van der Waals surface area contributed by atoms with Crippen LogP contribution in [0.15, 0.2) is 30.3 Å². The Hall–Kier alpha value is -1.96. The third-order valence-electron chi connectivity index (χ3n) is 5.38. The maximum absolute atomic E-state index is 12.8. The number of amides is 2. The number of nitrogens with one attached hydrogen (secondary N) is 2. The third kappa shape index (κ3) is 5.28. The molecule has 0 unspecified atom stereocenters. The zero-order valence-electron chi connectivity index (χ0n) is 15.8. The quantitative estimate of drug-likeness (QED) is 0.605. The van der Waals surface area contributed by atoms with Crippen LogP contribution >= 0.6 is 0 Å². The Bertz CT molecular complexity index is 633. The summed E-state index contributed by atoms with van der Waals surface area (Å²) in [5.74, 6) is -0.212. The fraction of sp³-hybridized carbons (Fsp3) is 0.600. The van der Waals surface area contributed by atoms with Crippen LogP contribution in [-0.2, 0) is 16.0 Å². The number of benzene rings is 1. The van der Waals surface area contributed by atoms with E-state index < -0.39 is 5.60 Å². The van der Waals surface area contributed by atoms with Crippen molar-refractivity contribution in [2.45, 2.75) is 24.9 Å². The molecular weight excluding hydrogens is 344 g/mol. The van der Waals surface area contributed by atoms with Crippen molar-refractivity contribution in [1.29, 1.82) is 0 Å². The molecule has 3 N–H and O–H groups in total. The lowest BCUT2D eigenvalue weighted by Gasteiger charge is -2.38. The van der Waals surface area contributed by atoms with Gasteiger partial charge in [0, 0.05) is 45.8 Å². The molecule has 2 heterocycles. The lowest BCUT2D eigenvalue weighted by Crippen LogP contribution is -2.59. The molecule has 1 aromatic carbocycles. The Labute approximate surface area is 160 Å². The summed E-state index contributed by atoms with van der Waals surface area (Å²) in [5.41, 5.74) is -0.238. The van der Waals surface area contributed by atoms with Gasteiger partial charge in [-0.3, -0.25) is 9.59 Å². The van der Waals surface area contributed by atoms with Crippen molar-refractivity contribution >= 4 is 11.8 Å². The summed E-state index contributed by atoms with van der Waals surface area (Å²) in [6, 6.07) is 10.0. The van der Waals surface area contributed by atoms with Crippen LogP contribution in [0, 0.1) is 0 Å². The lowest BCUT2D eigenvalue weighted by atomic mass is 9.91. The van der Waals surface area contributed by atoms with Crippen LogP contribution in [0.4, 0.5) is 0 Å². The van der Waals surface area contributed by atoms with E-state index in [2.05, 4.69) is 10.6 Å². The van der Waals surface area contributed by atoms with Gasteiger partial charge in [0.2, 0.25) is 5.91 Å². The van der Waals surface area contributed by atoms with Gasteiger partial charge in [-0.25, -0.2) is 0 Å². The smallest absolute Gasteiger partial charge is 0.255 e. The molecule has 2 amide bonds. The average Bonchev–Trinajstić information content (AvgIpc) is 2.70. The van der Waals surface area contributed by atoms with Crippen molar-refractivity contribution in [2.75, 3.05) is 52.4 Å². The molecule has 0 bridgehead atoms. The highest BCUT2D eigenvalue weighted by atomic mass is 16.3. The molecule has 2 aliphatic rings. The molecule has 7 nitrogen and oxygen atoms in total. The van der Waals surface area contributed by atoms with E-state index in [4.69, 9.17) is 0 Å². The van der Waals surface area contributed by atoms with E-state index >= 15 is 0 Å². The SMILES string of the molecule is O=C(CNC[C@]1(O)CCCN(CCc2ccccc2)C1=O)N1CCNCC1. The molecule has 0 aliphatic carbocycles. The van der Waals surface area contributed by atoms with E-state index in [-0.39, 0.29) is 24.9 Å². The molecule has 7 heteroatoms. The van der Waals surface area contributed by atoms with Crippen LogP contribution in [0.2, 0.25) is 0 Å². The number of hydrogen-bond donors (Lipinski definition) is 3. The van der Waals surface area contributed by atoms with Gasteiger partial charge < -0.3 is 25.5 Å². The number of carbonyl (C=O) groups is 2. The molecule has 0 spiro atoms. The van der Waals surface area contributed by atoms with E-state index in [9.17, 15) is 14.7 Å². The second-order valence-corrected chi connectivity index (χ2v) is 7.40. The van der Waals surface area contributed by atoms with Gasteiger partial charge in [0.05, 0.1) is 6.54 Å². The van der Waals surface area contributed by atoms with Crippen molar-refractivity contribution in [3.05, 3.63) is 35.9 Å². The number of likely N-dealkylation sites (tertiary alicyclic amines) is 1. The summed E-state index contributed by atoms with van der Waals surface area (Å²) < 4.78 is 0. The molecule has 2 saturated heterocycles. The first kappa shape index (κ1) is 19.8. The minimum absolute atomic E-state index is 0.0179. The summed E-state index contributed by atoms with van der Waals surface area (Å²) in [4.78, 5) is 28.5. The fourth-order valence-electron chi connectivity index (χ4n) is 3.75. The van der Waals surface area contributed by atoms with Crippen molar-refractivity contribution < 1.29 is 14.7 Å². The highest BCUT2D eigenvalue weighted by Crippen LogP contribution is 2.22. The largest absolute Gasteiger partial charge is 0.379 e. The van der Waals surface area contributed by atoms with Gasteiger partial charge in [-0.2, -0.15) is 0 Å². The zero-order chi connectivity index (χ0) is 19.1. The topological polar surface area (TPSA) is 84.9 Å². The summed E-state index contributed by atoms with van der Waals surface area (Å²) in [6.45, 7) is 4.58. The lowest BCUT2D eigenvalue weighted by molar-refractivity contribution is -0.156. The van der Waals surface area contributed by atoms with Gasteiger partial charge >= 0.3 is 0 Å². The van der Waals surface area contributed by atoms with E-state index in [0.717, 1.165) is 25.9 Å². The molecular formula is C20H30N4O3. The predicted molar refractivity (Wildman–Crippen MR) is 103 cm³/mol. The Balaban J connectivity index is 1.47. The van der Waals surface area contributed by atoms with Crippen molar-refractivity contribution in [3.63, 3.8) is 0 Å². The highest BCUT2D eigenvalue weighted by Gasteiger charge is 2.41. The Morgan fingerprint density at radius 2 is 1.93 bits per heavy atom. The highest BCUT2D eigenvalue weighted by molar-refractivity contribution is 5.86. The molecule has 3 rings (SSSR count). The number of rotatable bonds is 7. The van der Waals surface area contributed by atoms with Gasteiger partial charge in [0.1, 0.15) is 0 Å². The van der Waals surface area contributed by atoms with Gasteiger partial charge in [-0.1, -0.05) is 30.3 Å². The predicted octanol–water partition coefficient (Wildman–Crippen LogP) is -0.396. The maximum atomic E-state index is 12.8. The van der Waals surface area contributed by atoms with Crippen molar-refractivity contribution in [3.8, 4) is 0 Å². The van der Waals surface area contributed by atoms with Crippen LogP contribution in [-0.4, -0.2) is 84.7 Å². The molecule has 2 aliphatic heterocycles.